The second-order valence-electron chi connectivity index (χ2n) is 17.6. The molecular formula is C43H62N6O11. The Balaban J connectivity index is 1.47. The molecule has 330 valence electrons. The van der Waals surface area contributed by atoms with Crippen LogP contribution in [0.5, 0.6) is 0 Å². The van der Waals surface area contributed by atoms with E-state index in [1.165, 1.54) is 13.8 Å². The Morgan fingerprint density at radius 2 is 1.80 bits per heavy atom. The van der Waals surface area contributed by atoms with Crippen LogP contribution in [0.1, 0.15) is 80.2 Å². The smallest absolute Gasteiger partial charge is 0.316 e. The number of nitrogens with zero attached hydrogens (tertiary/aromatic N) is 6. The van der Waals surface area contributed by atoms with Crippen LogP contribution in [0.2, 0.25) is 0 Å². The maximum absolute atomic E-state index is 14.5. The van der Waals surface area contributed by atoms with Crippen molar-refractivity contribution in [3.05, 3.63) is 42.4 Å². The minimum Gasteiger partial charge on any atom is -0.459 e. The van der Waals surface area contributed by atoms with Crippen molar-refractivity contribution in [2.24, 2.45) is 33.8 Å². The fourth-order valence-electron chi connectivity index (χ4n) is 9.22. The Labute approximate surface area is 351 Å². The Morgan fingerprint density at radius 1 is 1.05 bits per heavy atom. The molecule has 1 unspecified atom stereocenters. The van der Waals surface area contributed by atoms with Gasteiger partial charge in [-0.3, -0.25) is 14.4 Å². The van der Waals surface area contributed by atoms with Gasteiger partial charge in [0.05, 0.1) is 37.1 Å². The molecule has 0 aromatic carbocycles. The van der Waals surface area contributed by atoms with E-state index in [4.69, 9.17) is 33.5 Å². The largest absolute Gasteiger partial charge is 0.459 e. The maximum Gasteiger partial charge on any atom is 0.316 e. The predicted molar refractivity (Wildman–Crippen MR) is 218 cm³/mol. The van der Waals surface area contributed by atoms with Crippen molar-refractivity contribution in [3.63, 3.8) is 0 Å². The molecule has 0 radical (unpaired) electrons. The van der Waals surface area contributed by atoms with Crippen molar-refractivity contribution in [1.82, 2.24) is 19.7 Å². The first kappa shape index (κ1) is 45.6. The number of fused-ring (bicyclic) bond motifs is 4. The molecule has 2 N–H and O–H groups in total. The number of Topliss-reactive ketones (excluding diaryl/α,β-unsaturated/α-hetero) is 1. The van der Waals surface area contributed by atoms with Gasteiger partial charge in [0.25, 0.3) is 5.91 Å². The van der Waals surface area contributed by atoms with Crippen molar-refractivity contribution < 1.29 is 53.1 Å². The molecule has 0 aliphatic carbocycles. The van der Waals surface area contributed by atoms with Crippen LogP contribution in [-0.4, -0.2) is 146 Å². The summed E-state index contributed by atoms with van der Waals surface area (Å²) in [6.45, 7) is 13.4. The zero-order valence-corrected chi connectivity index (χ0v) is 36.4. The van der Waals surface area contributed by atoms with Gasteiger partial charge in [-0.1, -0.05) is 38.9 Å². The van der Waals surface area contributed by atoms with Gasteiger partial charge in [0.1, 0.15) is 29.4 Å². The molecule has 4 aliphatic rings. The molecule has 3 saturated heterocycles. The normalized spacial score (nSPS) is 39.5. The monoisotopic (exact) mass is 838 g/mol. The molecule has 14 atom stereocenters. The molecule has 2 aromatic rings. The second kappa shape index (κ2) is 18.6. The van der Waals surface area contributed by atoms with Crippen LogP contribution in [0.15, 0.2) is 46.9 Å². The highest BCUT2D eigenvalue weighted by atomic mass is 16.7. The molecule has 6 heterocycles. The number of cyclic esters (lactones) is 1. The summed E-state index contributed by atoms with van der Waals surface area (Å²) in [6.07, 6.45) is -1.06. The van der Waals surface area contributed by atoms with Crippen molar-refractivity contribution in [2.75, 3.05) is 27.3 Å². The Hall–Kier alpha value is -3.97. The van der Waals surface area contributed by atoms with E-state index < -0.39 is 89.3 Å². The summed E-state index contributed by atoms with van der Waals surface area (Å²) >= 11 is 0. The Morgan fingerprint density at radius 3 is 2.45 bits per heavy atom. The third-order valence-corrected chi connectivity index (χ3v) is 12.6. The minimum atomic E-state index is -1.84. The summed E-state index contributed by atoms with van der Waals surface area (Å²) in [7, 11) is 3.74. The highest BCUT2D eigenvalue weighted by molar-refractivity contribution is 6.01. The Kier molecular flexibility index (Phi) is 14.1. The van der Waals surface area contributed by atoms with E-state index in [1.54, 1.807) is 56.2 Å². The van der Waals surface area contributed by atoms with Gasteiger partial charge in [0, 0.05) is 48.6 Å². The number of ether oxygens (including phenoxy) is 5. The summed E-state index contributed by atoms with van der Waals surface area (Å²) in [5.41, 5.74) is -1.93. The van der Waals surface area contributed by atoms with E-state index >= 15 is 0 Å². The van der Waals surface area contributed by atoms with E-state index in [9.17, 15) is 24.6 Å². The van der Waals surface area contributed by atoms with E-state index in [-0.39, 0.29) is 50.3 Å². The number of oxime groups is 1. The summed E-state index contributed by atoms with van der Waals surface area (Å²) < 4.78 is 34.0. The number of aliphatic hydroxyl groups excluding tert-OH is 1. The number of carbonyl (C=O) groups excluding carboxylic acids is 3. The van der Waals surface area contributed by atoms with Gasteiger partial charge in [-0.15, -0.1) is 0 Å². The number of aromatic nitrogens is 3. The van der Waals surface area contributed by atoms with Gasteiger partial charge in [0.15, 0.2) is 17.9 Å². The van der Waals surface area contributed by atoms with Crippen molar-refractivity contribution in [2.45, 2.75) is 141 Å². The fourth-order valence-corrected chi connectivity index (χ4v) is 9.22. The molecule has 0 saturated carbocycles. The van der Waals surface area contributed by atoms with Gasteiger partial charge in [-0.05, 0) is 84.7 Å². The van der Waals surface area contributed by atoms with E-state index in [2.05, 4.69) is 15.2 Å². The van der Waals surface area contributed by atoms with Crippen LogP contribution >= 0.6 is 0 Å². The quantitative estimate of drug-likeness (QED) is 0.304. The number of pyridine rings is 1. The molecule has 1 amide bonds. The number of ketones is 1. The van der Waals surface area contributed by atoms with Gasteiger partial charge in [-0.25, -0.2) is 14.7 Å². The van der Waals surface area contributed by atoms with Crippen LogP contribution in [0.3, 0.4) is 0 Å². The standard InChI is InChI=1S/C43H62N6O11/c1-11-32-43(8,54)38-25(4)34-23(2)19-42(7,37(26(5)35(50)27(6)40(53)58-32)59-41-36(51)30(48(9)10)17-24(3)57-41)56-22-29(21-55-38)47-60-31(39(52)46-34)18-28-13-14-33(44-20-28)49-16-12-15-45-49/h12-16,20,23-27,30-32,36-38,41,51,54H,11,17-19,21-22H2,1-10H3/b46-34?,47-29-/t23-,24-,25+,26+,27-,30+,31?,32-,36-,37-,38-,41+,42-,43-/m1/s1. The van der Waals surface area contributed by atoms with Crippen LogP contribution in [0.4, 0.5) is 0 Å². The highest BCUT2D eigenvalue weighted by Crippen LogP contribution is 2.40. The van der Waals surface area contributed by atoms with Crippen molar-refractivity contribution in [1.29, 1.82) is 0 Å². The average molecular weight is 839 g/mol. The lowest BCUT2D eigenvalue weighted by Gasteiger charge is -2.47. The van der Waals surface area contributed by atoms with Crippen LogP contribution < -0.4 is 0 Å². The molecule has 17 heteroatoms. The summed E-state index contributed by atoms with van der Waals surface area (Å²) in [5, 5.41) is 32.7. The first-order valence-electron chi connectivity index (χ1n) is 21.0. The zero-order valence-electron chi connectivity index (χ0n) is 36.4. The number of likely N-dealkylation sites (N-methyl/N-ethyl adjacent to an activating group) is 1. The van der Waals surface area contributed by atoms with Crippen LogP contribution in [-0.2, 0) is 49.3 Å². The molecule has 6 rings (SSSR count). The zero-order chi connectivity index (χ0) is 43.7. The molecule has 60 heavy (non-hydrogen) atoms. The Bertz CT molecular complexity index is 1890. The topological polar surface area (TPSA) is 206 Å². The first-order chi connectivity index (χ1) is 28.3. The molecule has 2 aromatic heterocycles. The molecule has 17 nitrogen and oxygen atoms in total. The van der Waals surface area contributed by atoms with E-state index in [1.807, 2.05) is 45.8 Å². The van der Waals surface area contributed by atoms with Gasteiger partial charge in [-0.2, -0.15) is 5.10 Å². The fraction of sp³-hybridized carbons (Fsp3) is 0.698. The predicted octanol–water partition coefficient (Wildman–Crippen LogP) is 3.11. The number of aliphatic hydroxyl groups is 2. The number of amides is 1. The molecule has 4 bridgehead atoms. The van der Waals surface area contributed by atoms with Gasteiger partial charge >= 0.3 is 5.97 Å². The lowest BCUT2D eigenvalue weighted by molar-refractivity contribution is -0.296. The van der Waals surface area contributed by atoms with Crippen molar-refractivity contribution in [3.8, 4) is 5.82 Å². The number of hydrogen-bond donors (Lipinski definition) is 2. The van der Waals surface area contributed by atoms with Crippen LogP contribution in [0.25, 0.3) is 5.82 Å². The lowest BCUT2D eigenvalue weighted by Crippen LogP contribution is -2.60. The van der Waals surface area contributed by atoms with E-state index in [0.29, 0.717) is 23.5 Å². The van der Waals surface area contributed by atoms with Crippen LogP contribution in [0, 0.1) is 23.7 Å². The minimum absolute atomic E-state index is 0.0831. The number of aliphatic imine (C=N–C) groups is 1. The van der Waals surface area contributed by atoms with Gasteiger partial charge < -0.3 is 43.6 Å². The number of hydrogen-bond acceptors (Lipinski definition) is 15. The summed E-state index contributed by atoms with van der Waals surface area (Å²) in [6, 6.07) is 5.09. The maximum atomic E-state index is 14.5. The molecule has 0 spiro atoms. The molecule has 4 aliphatic heterocycles. The van der Waals surface area contributed by atoms with E-state index in [0.717, 1.165) is 0 Å². The number of esters is 1. The van der Waals surface area contributed by atoms with Gasteiger partial charge in [0.2, 0.25) is 6.10 Å². The third-order valence-electron chi connectivity index (χ3n) is 12.6. The first-order valence-corrected chi connectivity index (χ1v) is 21.0. The number of rotatable bonds is 7. The third kappa shape index (κ3) is 9.57. The number of carbonyl (C=O) groups is 3. The molecular weight excluding hydrogens is 777 g/mol. The molecule has 3 fully saturated rings. The second-order valence-corrected chi connectivity index (χ2v) is 17.6. The highest BCUT2D eigenvalue weighted by Gasteiger charge is 2.53. The summed E-state index contributed by atoms with van der Waals surface area (Å²) in [5.74, 6) is -4.91. The SMILES string of the molecule is CC[C@H]1OC(=O)[C@H](C)C(=O)[C@H](C)[C@@H](O[C@@H]2O[C@H](C)C[C@H](N(C)C)[C@H]2O)[C@@]2(C)C[C@@H](C)C3=NC(=O)C(Cc4ccc(-n5cccn5)nc4)O/N=C(/CO[C@H]([C@H]3C)[C@]1(C)O)CO2. The average Bonchev–Trinajstić information content (AvgIpc) is 3.74. The summed E-state index contributed by atoms with van der Waals surface area (Å²) in [4.78, 5) is 60.0. The lowest BCUT2D eigenvalue weighted by atomic mass is 9.73. The van der Waals surface area contributed by atoms with Crippen molar-refractivity contribution >= 4 is 29.1 Å².